The van der Waals surface area contributed by atoms with Crippen molar-refractivity contribution in [3.8, 4) is 0 Å². The molecule has 80 valence electrons. The molecule has 0 N–H and O–H groups in total. The van der Waals surface area contributed by atoms with Crippen LogP contribution in [0.1, 0.15) is 6.92 Å². The SMILES string of the molecule is CCN(CC1COC=N1)c1ccccc1. The molecule has 0 amide bonds. The van der Waals surface area contributed by atoms with Crippen LogP contribution < -0.4 is 4.90 Å². The van der Waals surface area contributed by atoms with Gasteiger partial charge in [-0.3, -0.25) is 0 Å². The van der Waals surface area contributed by atoms with Gasteiger partial charge in [-0.1, -0.05) is 18.2 Å². The molecule has 3 heteroatoms. The van der Waals surface area contributed by atoms with Crippen molar-refractivity contribution in [2.75, 3.05) is 24.6 Å². The van der Waals surface area contributed by atoms with Crippen LogP contribution in [0.2, 0.25) is 0 Å². The molecule has 0 fully saturated rings. The van der Waals surface area contributed by atoms with E-state index in [0.717, 1.165) is 13.1 Å². The first kappa shape index (κ1) is 10.0. The maximum atomic E-state index is 5.12. The summed E-state index contributed by atoms with van der Waals surface area (Å²) < 4.78 is 5.12. The molecule has 0 aromatic heterocycles. The Bertz CT molecular complexity index is 324. The van der Waals surface area contributed by atoms with Gasteiger partial charge in [0.1, 0.15) is 12.6 Å². The van der Waals surface area contributed by atoms with Crippen LogP contribution in [0, 0.1) is 0 Å². The second-order valence-electron chi connectivity index (χ2n) is 3.62. The lowest BCUT2D eigenvalue weighted by atomic mass is 10.2. The topological polar surface area (TPSA) is 24.8 Å². The molecule has 0 radical (unpaired) electrons. The van der Waals surface area contributed by atoms with Crippen molar-refractivity contribution in [1.29, 1.82) is 0 Å². The van der Waals surface area contributed by atoms with Gasteiger partial charge in [0.2, 0.25) is 0 Å². The summed E-state index contributed by atoms with van der Waals surface area (Å²) in [5, 5.41) is 0. The average molecular weight is 204 g/mol. The smallest absolute Gasteiger partial charge is 0.169 e. The molecule has 2 rings (SSSR count). The number of rotatable bonds is 4. The number of likely N-dealkylation sites (N-methyl/N-ethyl adjacent to an activating group) is 1. The Morgan fingerprint density at radius 2 is 2.20 bits per heavy atom. The fourth-order valence-corrected chi connectivity index (χ4v) is 1.74. The van der Waals surface area contributed by atoms with Crippen LogP contribution in [0.25, 0.3) is 0 Å². The van der Waals surface area contributed by atoms with E-state index in [1.807, 2.05) is 6.07 Å². The van der Waals surface area contributed by atoms with Gasteiger partial charge in [0, 0.05) is 18.8 Å². The molecule has 1 aromatic carbocycles. The molecule has 1 heterocycles. The maximum Gasteiger partial charge on any atom is 0.169 e. The quantitative estimate of drug-likeness (QED) is 0.748. The van der Waals surface area contributed by atoms with E-state index >= 15 is 0 Å². The Morgan fingerprint density at radius 3 is 2.80 bits per heavy atom. The van der Waals surface area contributed by atoms with Crippen LogP contribution >= 0.6 is 0 Å². The summed E-state index contributed by atoms with van der Waals surface area (Å²) in [4.78, 5) is 6.58. The van der Waals surface area contributed by atoms with E-state index in [-0.39, 0.29) is 6.04 Å². The number of aliphatic imine (C=N–C) groups is 1. The normalized spacial score (nSPS) is 18.9. The van der Waals surface area contributed by atoms with E-state index in [0.29, 0.717) is 6.61 Å². The van der Waals surface area contributed by atoms with Crippen molar-refractivity contribution in [3.63, 3.8) is 0 Å². The minimum absolute atomic E-state index is 0.283. The largest absolute Gasteiger partial charge is 0.481 e. The fraction of sp³-hybridized carbons (Fsp3) is 0.417. The van der Waals surface area contributed by atoms with E-state index in [1.165, 1.54) is 5.69 Å². The lowest BCUT2D eigenvalue weighted by Crippen LogP contribution is -2.32. The Kier molecular flexibility index (Phi) is 3.22. The highest BCUT2D eigenvalue weighted by molar-refractivity contribution is 5.50. The predicted molar refractivity (Wildman–Crippen MR) is 62.6 cm³/mol. The van der Waals surface area contributed by atoms with Gasteiger partial charge in [0.05, 0.1) is 0 Å². The standard InChI is InChI=1S/C12H16N2O/c1-2-14(8-11-9-15-10-13-11)12-6-4-3-5-7-12/h3-7,10-11H,2,8-9H2,1H3. The van der Waals surface area contributed by atoms with Crippen molar-refractivity contribution >= 4 is 12.1 Å². The molecule has 1 aromatic rings. The number of hydrogen-bond acceptors (Lipinski definition) is 3. The molecule has 15 heavy (non-hydrogen) atoms. The van der Waals surface area contributed by atoms with E-state index in [9.17, 15) is 0 Å². The third-order valence-corrected chi connectivity index (χ3v) is 2.57. The van der Waals surface area contributed by atoms with Crippen molar-refractivity contribution in [1.82, 2.24) is 0 Å². The van der Waals surface area contributed by atoms with E-state index in [2.05, 4.69) is 41.1 Å². The van der Waals surface area contributed by atoms with Crippen molar-refractivity contribution in [3.05, 3.63) is 30.3 Å². The van der Waals surface area contributed by atoms with Gasteiger partial charge in [0.25, 0.3) is 0 Å². The molecular weight excluding hydrogens is 188 g/mol. The van der Waals surface area contributed by atoms with E-state index in [1.54, 1.807) is 6.40 Å². The van der Waals surface area contributed by atoms with Gasteiger partial charge in [-0.2, -0.15) is 0 Å². The molecule has 1 atom stereocenters. The summed E-state index contributed by atoms with van der Waals surface area (Å²) in [5.74, 6) is 0. The van der Waals surface area contributed by atoms with Gasteiger partial charge in [-0.15, -0.1) is 0 Å². The number of benzene rings is 1. The van der Waals surface area contributed by atoms with Crippen LogP contribution in [0.5, 0.6) is 0 Å². The molecule has 3 nitrogen and oxygen atoms in total. The number of hydrogen-bond donors (Lipinski definition) is 0. The molecular formula is C12H16N2O. The first-order chi connectivity index (χ1) is 7.40. The lowest BCUT2D eigenvalue weighted by molar-refractivity contribution is 0.328. The van der Waals surface area contributed by atoms with Crippen LogP contribution in [-0.4, -0.2) is 32.1 Å². The highest BCUT2D eigenvalue weighted by Gasteiger charge is 2.15. The number of anilines is 1. The number of ether oxygens (including phenoxy) is 1. The average Bonchev–Trinajstić information content (AvgIpc) is 2.80. The minimum atomic E-state index is 0.283. The van der Waals surface area contributed by atoms with E-state index in [4.69, 9.17) is 4.74 Å². The van der Waals surface area contributed by atoms with Gasteiger partial charge in [0.15, 0.2) is 6.40 Å². The Balaban J connectivity index is 2.01. The molecule has 0 bridgehead atoms. The zero-order valence-corrected chi connectivity index (χ0v) is 8.97. The number of para-hydroxylation sites is 1. The van der Waals surface area contributed by atoms with E-state index < -0.39 is 0 Å². The summed E-state index contributed by atoms with van der Waals surface area (Å²) >= 11 is 0. The Labute approximate surface area is 90.4 Å². The summed E-state index contributed by atoms with van der Waals surface area (Å²) in [6.45, 7) is 4.79. The van der Waals surface area contributed by atoms with Gasteiger partial charge < -0.3 is 9.64 Å². The highest BCUT2D eigenvalue weighted by Crippen LogP contribution is 2.14. The molecule has 0 saturated heterocycles. The van der Waals surface area contributed by atoms with Crippen molar-refractivity contribution < 1.29 is 4.74 Å². The molecule has 0 aliphatic carbocycles. The Morgan fingerprint density at radius 1 is 1.40 bits per heavy atom. The maximum absolute atomic E-state index is 5.12. The zero-order chi connectivity index (χ0) is 10.5. The molecule has 0 saturated carbocycles. The zero-order valence-electron chi connectivity index (χ0n) is 8.97. The Hall–Kier alpha value is -1.51. The summed E-state index contributed by atoms with van der Waals surface area (Å²) in [7, 11) is 0. The summed E-state index contributed by atoms with van der Waals surface area (Å²) in [5.41, 5.74) is 1.25. The van der Waals surface area contributed by atoms with Gasteiger partial charge >= 0.3 is 0 Å². The van der Waals surface area contributed by atoms with Crippen LogP contribution in [-0.2, 0) is 4.74 Å². The third kappa shape index (κ3) is 2.49. The van der Waals surface area contributed by atoms with Crippen LogP contribution in [0.4, 0.5) is 5.69 Å². The first-order valence-electron chi connectivity index (χ1n) is 5.33. The molecule has 1 unspecified atom stereocenters. The van der Waals surface area contributed by atoms with Gasteiger partial charge in [-0.25, -0.2) is 4.99 Å². The second kappa shape index (κ2) is 4.82. The highest BCUT2D eigenvalue weighted by atomic mass is 16.5. The molecule has 0 spiro atoms. The summed E-state index contributed by atoms with van der Waals surface area (Å²) in [6, 6.07) is 10.7. The molecule has 1 aliphatic heterocycles. The van der Waals surface area contributed by atoms with Gasteiger partial charge in [-0.05, 0) is 19.1 Å². The number of nitrogens with zero attached hydrogens (tertiary/aromatic N) is 2. The van der Waals surface area contributed by atoms with Crippen molar-refractivity contribution in [2.45, 2.75) is 13.0 Å². The monoisotopic (exact) mass is 204 g/mol. The second-order valence-corrected chi connectivity index (χ2v) is 3.62. The lowest BCUT2D eigenvalue weighted by Gasteiger charge is -2.24. The third-order valence-electron chi connectivity index (χ3n) is 2.57. The first-order valence-corrected chi connectivity index (χ1v) is 5.33. The summed E-state index contributed by atoms with van der Waals surface area (Å²) in [6.07, 6.45) is 1.56. The molecule has 1 aliphatic rings. The van der Waals surface area contributed by atoms with Crippen LogP contribution in [0.15, 0.2) is 35.3 Å². The fourth-order valence-electron chi connectivity index (χ4n) is 1.74. The predicted octanol–water partition coefficient (Wildman–Crippen LogP) is 1.94. The minimum Gasteiger partial charge on any atom is -0.481 e. The van der Waals surface area contributed by atoms with Crippen LogP contribution in [0.3, 0.4) is 0 Å². The van der Waals surface area contributed by atoms with Crippen molar-refractivity contribution in [2.24, 2.45) is 4.99 Å².